The third-order valence-electron chi connectivity index (χ3n) is 4.92. The number of hydrogen-bond donors (Lipinski definition) is 1. The predicted molar refractivity (Wildman–Crippen MR) is 121 cm³/mol. The van der Waals surface area contributed by atoms with Gasteiger partial charge in [-0.25, -0.2) is 9.07 Å². The van der Waals surface area contributed by atoms with Crippen molar-refractivity contribution in [2.24, 2.45) is 0 Å². The SMILES string of the molecule is COCCn1c(COc2ccc(F)cc2)c2c(=O)n(-c3cc(Cl)ccc3Cl)[nH]c2cc1=O. The van der Waals surface area contributed by atoms with E-state index in [4.69, 9.17) is 32.7 Å². The van der Waals surface area contributed by atoms with Crippen LogP contribution in [0.2, 0.25) is 10.0 Å². The highest BCUT2D eigenvalue weighted by Crippen LogP contribution is 2.24. The normalized spacial score (nSPS) is 11.2. The molecule has 0 radical (unpaired) electrons. The third-order valence-corrected chi connectivity index (χ3v) is 5.48. The van der Waals surface area contributed by atoms with Crippen LogP contribution in [0.3, 0.4) is 0 Å². The molecule has 2 heterocycles. The first-order valence-electron chi connectivity index (χ1n) is 9.59. The molecule has 0 atom stereocenters. The molecule has 7 nitrogen and oxygen atoms in total. The summed E-state index contributed by atoms with van der Waals surface area (Å²) in [6.07, 6.45) is 0. The van der Waals surface area contributed by atoms with Crippen molar-refractivity contribution in [2.75, 3.05) is 13.7 Å². The number of H-pyrrole nitrogens is 1. The van der Waals surface area contributed by atoms with Crippen molar-refractivity contribution in [1.82, 2.24) is 14.3 Å². The summed E-state index contributed by atoms with van der Waals surface area (Å²) in [5.74, 6) is -0.00809. The van der Waals surface area contributed by atoms with Crippen molar-refractivity contribution in [1.29, 1.82) is 0 Å². The zero-order chi connectivity index (χ0) is 22.8. The maximum atomic E-state index is 13.4. The van der Waals surface area contributed by atoms with Gasteiger partial charge in [0, 0.05) is 24.7 Å². The van der Waals surface area contributed by atoms with Crippen LogP contribution in [0, 0.1) is 5.82 Å². The fourth-order valence-corrected chi connectivity index (χ4v) is 3.76. The molecule has 0 bridgehead atoms. The van der Waals surface area contributed by atoms with Gasteiger partial charge in [-0.3, -0.25) is 14.7 Å². The minimum absolute atomic E-state index is 0.0989. The highest BCUT2D eigenvalue weighted by atomic mass is 35.5. The Hall–Kier alpha value is -3.07. The first-order valence-corrected chi connectivity index (χ1v) is 10.3. The summed E-state index contributed by atoms with van der Waals surface area (Å²) in [4.78, 5) is 26.2. The van der Waals surface area contributed by atoms with Crippen molar-refractivity contribution in [3.05, 3.63) is 90.8 Å². The number of fused-ring (bicyclic) bond motifs is 1. The van der Waals surface area contributed by atoms with Gasteiger partial charge < -0.3 is 14.0 Å². The summed E-state index contributed by atoms with van der Waals surface area (Å²) in [5.41, 5.74) is 0.266. The summed E-state index contributed by atoms with van der Waals surface area (Å²) in [6.45, 7) is 0.377. The summed E-state index contributed by atoms with van der Waals surface area (Å²) in [7, 11) is 1.52. The molecule has 0 spiro atoms. The molecule has 4 rings (SSSR count). The van der Waals surface area contributed by atoms with Crippen LogP contribution in [0.15, 0.2) is 58.1 Å². The van der Waals surface area contributed by atoms with Crippen LogP contribution in [0.5, 0.6) is 5.75 Å². The summed E-state index contributed by atoms with van der Waals surface area (Å²) < 4.78 is 26.7. The number of nitrogens with one attached hydrogen (secondary N) is 1. The van der Waals surface area contributed by atoms with Gasteiger partial charge in [-0.1, -0.05) is 23.2 Å². The highest BCUT2D eigenvalue weighted by molar-refractivity contribution is 6.34. The van der Waals surface area contributed by atoms with Gasteiger partial charge in [0.2, 0.25) is 0 Å². The van der Waals surface area contributed by atoms with E-state index in [0.717, 1.165) is 0 Å². The molecule has 10 heteroatoms. The van der Waals surface area contributed by atoms with Crippen molar-refractivity contribution in [3.63, 3.8) is 0 Å². The smallest absolute Gasteiger partial charge is 0.281 e. The molecule has 1 N–H and O–H groups in total. The number of rotatable bonds is 7. The Labute approximate surface area is 191 Å². The van der Waals surface area contributed by atoms with E-state index in [-0.39, 0.29) is 30.7 Å². The Bertz CT molecular complexity index is 1390. The quantitative estimate of drug-likeness (QED) is 0.433. The van der Waals surface area contributed by atoms with Crippen molar-refractivity contribution in [3.8, 4) is 11.4 Å². The predicted octanol–water partition coefficient (Wildman–Crippen LogP) is 4.15. The summed E-state index contributed by atoms with van der Waals surface area (Å²) in [5, 5.41) is 3.90. The zero-order valence-electron chi connectivity index (χ0n) is 16.9. The van der Waals surface area contributed by atoms with Gasteiger partial charge in [0.1, 0.15) is 18.2 Å². The maximum absolute atomic E-state index is 13.4. The first kappa shape index (κ1) is 22.1. The molecule has 2 aromatic heterocycles. The van der Waals surface area contributed by atoms with Gasteiger partial charge in [0.05, 0.1) is 33.9 Å². The lowest BCUT2D eigenvalue weighted by atomic mass is 10.2. The Balaban J connectivity index is 1.88. The van der Waals surface area contributed by atoms with Gasteiger partial charge >= 0.3 is 0 Å². The fourth-order valence-electron chi connectivity index (χ4n) is 3.39. The number of ether oxygens (including phenoxy) is 2. The lowest BCUT2D eigenvalue weighted by Gasteiger charge is -2.14. The van der Waals surface area contributed by atoms with E-state index in [1.807, 2.05) is 0 Å². The minimum Gasteiger partial charge on any atom is -0.487 e. The molecule has 32 heavy (non-hydrogen) atoms. The molecule has 0 aliphatic carbocycles. The van der Waals surface area contributed by atoms with E-state index in [0.29, 0.717) is 32.7 Å². The summed E-state index contributed by atoms with van der Waals surface area (Å²) in [6, 6.07) is 11.5. The van der Waals surface area contributed by atoms with Crippen molar-refractivity contribution < 1.29 is 13.9 Å². The molecule has 0 amide bonds. The number of pyridine rings is 1. The Kier molecular flexibility index (Phi) is 6.36. The van der Waals surface area contributed by atoms with Gasteiger partial charge in [-0.2, -0.15) is 0 Å². The number of aromatic nitrogens is 3. The van der Waals surface area contributed by atoms with Crippen LogP contribution in [-0.2, 0) is 17.9 Å². The molecule has 0 fully saturated rings. The van der Waals surface area contributed by atoms with Crippen LogP contribution < -0.4 is 15.9 Å². The maximum Gasteiger partial charge on any atom is 0.281 e. The van der Waals surface area contributed by atoms with Crippen LogP contribution in [0.1, 0.15) is 5.69 Å². The fraction of sp³-hybridized carbons (Fsp3) is 0.182. The lowest BCUT2D eigenvalue weighted by molar-refractivity contribution is 0.183. The number of methoxy groups -OCH3 is 1. The van der Waals surface area contributed by atoms with E-state index in [1.165, 1.54) is 46.7 Å². The van der Waals surface area contributed by atoms with Gasteiger partial charge in [-0.05, 0) is 42.5 Å². The number of hydrogen-bond acceptors (Lipinski definition) is 4. The monoisotopic (exact) mass is 477 g/mol. The van der Waals surface area contributed by atoms with Crippen LogP contribution >= 0.6 is 23.2 Å². The van der Waals surface area contributed by atoms with Crippen molar-refractivity contribution >= 4 is 34.1 Å². The average molecular weight is 478 g/mol. The number of halogens is 3. The Morgan fingerprint density at radius 1 is 1.06 bits per heavy atom. The zero-order valence-corrected chi connectivity index (χ0v) is 18.4. The average Bonchev–Trinajstić information content (AvgIpc) is 3.09. The second-order valence-electron chi connectivity index (χ2n) is 6.95. The van der Waals surface area contributed by atoms with Gasteiger partial charge in [0.15, 0.2) is 0 Å². The standard InChI is InChI=1S/C22H18Cl2FN3O4/c1-31-9-8-27-19(12-32-15-5-3-14(25)4-6-15)21-17(11-20(27)29)26-28(22(21)30)18-10-13(23)2-7-16(18)24/h2-7,10-11,26H,8-9,12H2,1H3. The van der Waals surface area contributed by atoms with Crippen LogP contribution in [-0.4, -0.2) is 28.1 Å². The molecular formula is C22H18Cl2FN3O4. The van der Waals surface area contributed by atoms with Gasteiger partial charge in [0.25, 0.3) is 11.1 Å². The van der Waals surface area contributed by atoms with E-state index in [1.54, 1.807) is 18.2 Å². The van der Waals surface area contributed by atoms with Crippen LogP contribution in [0.4, 0.5) is 4.39 Å². The molecule has 0 aliphatic heterocycles. The molecule has 0 saturated heterocycles. The molecule has 2 aromatic carbocycles. The number of benzene rings is 2. The molecular weight excluding hydrogens is 460 g/mol. The minimum atomic E-state index is -0.423. The summed E-state index contributed by atoms with van der Waals surface area (Å²) >= 11 is 12.4. The van der Waals surface area contributed by atoms with Crippen molar-refractivity contribution in [2.45, 2.75) is 13.2 Å². The lowest BCUT2D eigenvalue weighted by Crippen LogP contribution is -2.27. The second-order valence-corrected chi connectivity index (χ2v) is 7.80. The second kappa shape index (κ2) is 9.20. The topological polar surface area (TPSA) is 78.2 Å². The van der Waals surface area contributed by atoms with E-state index in [9.17, 15) is 14.0 Å². The van der Waals surface area contributed by atoms with E-state index < -0.39 is 11.4 Å². The Morgan fingerprint density at radius 2 is 1.81 bits per heavy atom. The van der Waals surface area contributed by atoms with Crippen LogP contribution in [0.25, 0.3) is 16.6 Å². The first-order chi connectivity index (χ1) is 15.4. The largest absolute Gasteiger partial charge is 0.487 e. The Morgan fingerprint density at radius 3 is 2.53 bits per heavy atom. The van der Waals surface area contributed by atoms with E-state index in [2.05, 4.69) is 5.10 Å². The number of nitrogens with zero attached hydrogens (tertiary/aromatic N) is 2. The molecule has 0 saturated carbocycles. The molecule has 4 aromatic rings. The van der Waals surface area contributed by atoms with Gasteiger partial charge in [-0.15, -0.1) is 0 Å². The van der Waals surface area contributed by atoms with E-state index >= 15 is 0 Å². The highest BCUT2D eigenvalue weighted by Gasteiger charge is 2.19. The molecule has 0 unspecified atom stereocenters. The number of aromatic amines is 1. The molecule has 166 valence electrons. The molecule has 0 aliphatic rings. The third kappa shape index (κ3) is 4.29.